The molecule has 0 radical (unpaired) electrons. The van der Waals surface area contributed by atoms with E-state index in [4.69, 9.17) is 0 Å². The summed E-state index contributed by atoms with van der Waals surface area (Å²) >= 11 is 0. The summed E-state index contributed by atoms with van der Waals surface area (Å²) in [5.74, 6) is -20.8. The third kappa shape index (κ3) is 4.75. The molecule has 1 N–H and O–H groups in total. The van der Waals surface area contributed by atoms with Crippen molar-refractivity contribution in [3.05, 3.63) is 94.1 Å². The number of piperidine rings is 1. The first-order chi connectivity index (χ1) is 20.0. The minimum atomic E-state index is -4.21. The molecule has 2 atom stereocenters. The van der Waals surface area contributed by atoms with E-state index in [-0.39, 0.29) is 12.0 Å². The summed E-state index contributed by atoms with van der Waals surface area (Å²) in [5.41, 5.74) is -3.26. The lowest BCUT2D eigenvalue weighted by atomic mass is 9.12. The summed E-state index contributed by atoms with van der Waals surface area (Å²) in [6, 6.07) is 6.74. The smallest absolute Gasteiger partial charge is 0.200 e. The van der Waals surface area contributed by atoms with Crippen LogP contribution in [0.3, 0.4) is 0 Å². The number of halogens is 10. The largest absolute Gasteiger partial charge is 0.335 e. The molecular weight excluding hydrogens is 575 g/mol. The van der Waals surface area contributed by atoms with Crippen LogP contribution in [-0.4, -0.2) is 25.3 Å². The number of nitrogens with one attached hydrogen (secondary N) is 1. The monoisotopic (exact) mass is 599 g/mol. The van der Waals surface area contributed by atoms with Gasteiger partial charge in [-0.05, 0) is 37.8 Å². The topological polar surface area (TPSA) is 4.44 Å². The molecule has 3 aromatic rings. The lowest BCUT2D eigenvalue weighted by molar-refractivity contribution is -0.929. The SMILES string of the molecule is Fc1c(F)c(F)c([B-](C#Cc2ccccc2)(c2c(F)c(F)c(F)c(F)c2F)[C@H]2CCC[C@@H]2[NH+]2CCCCC2)c(F)c1F. The van der Waals surface area contributed by atoms with Crippen molar-refractivity contribution in [2.75, 3.05) is 13.1 Å². The second kappa shape index (κ2) is 11.7. The Morgan fingerprint density at radius 3 is 1.48 bits per heavy atom. The quantitative estimate of drug-likeness (QED) is 0.138. The van der Waals surface area contributed by atoms with Crippen LogP contribution in [0.15, 0.2) is 30.3 Å². The van der Waals surface area contributed by atoms with Crippen molar-refractivity contribution in [1.29, 1.82) is 0 Å². The zero-order valence-electron chi connectivity index (χ0n) is 22.1. The van der Waals surface area contributed by atoms with Gasteiger partial charge in [0.15, 0.2) is 34.9 Å². The molecule has 1 aliphatic carbocycles. The Morgan fingerprint density at radius 1 is 0.548 bits per heavy atom. The second-order valence-corrected chi connectivity index (χ2v) is 11.0. The molecule has 1 aliphatic heterocycles. The third-order valence-electron chi connectivity index (χ3n) is 8.85. The fourth-order valence-electron chi connectivity index (χ4n) is 7.06. The van der Waals surface area contributed by atoms with E-state index in [1.54, 1.807) is 6.07 Å². The highest BCUT2D eigenvalue weighted by Crippen LogP contribution is 2.40. The maximum Gasteiger partial charge on any atom is 0.200 e. The van der Waals surface area contributed by atoms with Gasteiger partial charge in [-0.15, -0.1) is 16.8 Å². The zero-order valence-corrected chi connectivity index (χ0v) is 22.1. The first kappa shape index (κ1) is 30.0. The van der Waals surface area contributed by atoms with Crippen molar-refractivity contribution in [3.8, 4) is 11.7 Å². The summed E-state index contributed by atoms with van der Waals surface area (Å²) < 4.78 is 151. The molecule has 222 valence electrons. The minimum absolute atomic E-state index is 0.0728. The minimum Gasteiger partial charge on any atom is -0.335 e. The maximum atomic E-state index is 15.8. The van der Waals surface area contributed by atoms with E-state index >= 15 is 17.6 Å². The average Bonchev–Trinajstić information content (AvgIpc) is 3.51. The highest BCUT2D eigenvalue weighted by Gasteiger charge is 2.52. The van der Waals surface area contributed by atoms with Gasteiger partial charge in [-0.1, -0.05) is 36.9 Å². The number of hydrogen-bond donors (Lipinski definition) is 1. The van der Waals surface area contributed by atoms with Crippen LogP contribution >= 0.6 is 0 Å². The molecule has 42 heavy (non-hydrogen) atoms. The van der Waals surface area contributed by atoms with Gasteiger partial charge in [-0.3, -0.25) is 5.82 Å². The Bertz CT molecular complexity index is 1450. The van der Waals surface area contributed by atoms with Crippen LogP contribution in [0.2, 0.25) is 5.82 Å². The van der Waals surface area contributed by atoms with E-state index < -0.39 is 87.1 Å². The van der Waals surface area contributed by atoms with Crippen LogP contribution in [0, 0.1) is 69.9 Å². The van der Waals surface area contributed by atoms with Crippen LogP contribution in [0.1, 0.15) is 44.1 Å². The summed E-state index contributed by atoms with van der Waals surface area (Å²) in [6.07, 6.45) is -1.31. The van der Waals surface area contributed by atoms with E-state index in [1.807, 2.05) is 0 Å². The molecule has 2 aliphatic rings. The molecule has 1 saturated carbocycles. The molecule has 0 unspecified atom stereocenters. The number of benzene rings is 3. The predicted octanol–water partition coefficient (Wildman–Crippen LogP) is 5.22. The van der Waals surface area contributed by atoms with E-state index in [1.165, 1.54) is 24.3 Å². The number of likely N-dealkylation sites (tertiary alicyclic amines) is 1. The van der Waals surface area contributed by atoms with E-state index in [0.29, 0.717) is 25.9 Å². The molecular formula is C30H24BF10N. The van der Waals surface area contributed by atoms with Gasteiger partial charge in [0.2, 0.25) is 0 Å². The van der Waals surface area contributed by atoms with Crippen LogP contribution in [0.25, 0.3) is 0 Å². The Morgan fingerprint density at radius 2 is 1.00 bits per heavy atom. The molecule has 3 aromatic carbocycles. The van der Waals surface area contributed by atoms with Crippen molar-refractivity contribution in [2.24, 2.45) is 0 Å². The van der Waals surface area contributed by atoms with Crippen LogP contribution < -0.4 is 15.8 Å². The van der Waals surface area contributed by atoms with E-state index in [0.717, 1.165) is 24.2 Å². The molecule has 12 heteroatoms. The van der Waals surface area contributed by atoms with Gasteiger partial charge in [0.25, 0.3) is 0 Å². The zero-order chi connectivity index (χ0) is 30.3. The van der Waals surface area contributed by atoms with Crippen molar-refractivity contribution >= 4 is 17.1 Å². The number of rotatable bonds is 4. The molecule has 1 nitrogen and oxygen atoms in total. The van der Waals surface area contributed by atoms with Crippen molar-refractivity contribution < 1.29 is 48.8 Å². The summed E-state index contributed by atoms with van der Waals surface area (Å²) in [5, 5.41) is 0. The van der Waals surface area contributed by atoms with Gasteiger partial charge < -0.3 is 4.90 Å². The first-order valence-corrected chi connectivity index (χ1v) is 13.6. The number of hydrogen-bond acceptors (Lipinski definition) is 0. The first-order valence-electron chi connectivity index (χ1n) is 13.6. The van der Waals surface area contributed by atoms with Crippen LogP contribution in [0.4, 0.5) is 43.9 Å². The van der Waals surface area contributed by atoms with E-state index in [2.05, 4.69) is 11.7 Å². The summed E-state index contributed by atoms with van der Waals surface area (Å²) in [4.78, 5) is 0.851. The Hall–Kier alpha value is -3.46. The van der Waals surface area contributed by atoms with Crippen molar-refractivity contribution in [3.63, 3.8) is 0 Å². The van der Waals surface area contributed by atoms with Gasteiger partial charge in [-0.2, -0.15) is 0 Å². The normalized spacial score (nSPS) is 19.6. The van der Waals surface area contributed by atoms with Gasteiger partial charge in [0, 0.05) is 5.56 Å². The highest BCUT2D eigenvalue weighted by molar-refractivity contribution is 7.09. The predicted molar refractivity (Wildman–Crippen MR) is 137 cm³/mol. The average molecular weight is 599 g/mol. The molecule has 1 heterocycles. The molecule has 0 spiro atoms. The third-order valence-corrected chi connectivity index (χ3v) is 8.85. The highest BCUT2D eigenvalue weighted by atomic mass is 19.2. The molecule has 2 fully saturated rings. The van der Waals surface area contributed by atoms with Gasteiger partial charge in [-0.25, -0.2) is 43.9 Å². The van der Waals surface area contributed by atoms with Crippen LogP contribution in [0.5, 0.6) is 0 Å². The fourth-order valence-corrected chi connectivity index (χ4v) is 7.06. The molecule has 0 amide bonds. The van der Waals surface area contributed by atoms with Gasteiger partial charge in [0.05, 0.1) is 19.1 Å². The Kier molecular flexibility index (Phi) is 8.34. The van der Waals surface area contributed by atoms with E-state index in [9.17, 15) is 26.3 Å². The summed E-state index contributed by atoms with van der Waals surface area (Å²) in [6.45, 7) is 1.07. The second-order valence-electron chi connectivity index (χ2n) is 11.0. The van der Waals surface area contributed by atoms with Crippen molar-refractivity contribution in [2.45, 2.75) is 50.4 Å². The van der Waals surface area contributed by atoms with Crippen molar-refractivity contribution in [1.82, 2.24) is 0 Å². The van der Waals surface area contributed by atoms with Gasteiger partial charge >= 0.3 is 0 Å². The Balaban J connectivity index is 1.97. The lowest BCUT2D eigenvalue weighted by Crippen LogP contribution is -3.17. The number of quaternary nitrogens is 1. The fraction of sp³-hybridized carbons (Fsp3) is 0.333. The Labute approximate surface area is 235 Å². The van der Waals surface area contributed by atoms with Crippen LogP contribution in [-0.2, 0) is 0 Å². The maximum absolute atomic E-state index is 15.8. The molecule has 1 saturated heterocycles. The summed E-state index contributed by atoms with van der Waals surface area (Å²) in [7, 11) is 0. The van der Waals surface area contributed by atoms with Gasteiger partial charge in [0.1, 0.15) is 29.4 Å². The standard InChI is InChI=1S/C30H23BF10N/c32-21-19(22(33)26(37)29(40)25(21)36)31(13-12-16-8-3-1-4-9-16,20-23(34)27(38)30(41)28(39)24(20)35)17-10-7-11-18(17)42-14-5-2-6-15-42/h1,3-4,8-9,17-18H,2,5-7,10-11,14-15H2/q-1/p+1/t17-,18-/m0/s1. The lowest BCUT2D eigenvalue weighted by Gasteiger charge is -2.47. The molecule has 5 rings (SSSR count). The molecule has 0 aromatic heterocycles. The molecule has 0 bridgehead atoms.